The fraction of sp³-hybridized carbons (Fsp3) is 0. The topological polar surface area (TPSA) is 51.6 Å². The Morgan fingerprint density at radius 3 is 2.56 bits per heavy atom. The molecule has 0 saturated carbocycles. The summed E-state index contributed by atoms with van der Waals surface area (Å²) in [6.07, 6.45) is 0. The van der Waals surface area contributed by atoms with E-state index in [4.69, 9.17) is 0 Å². The Labute approximate surface area is 118 Å². The van der Waals surface area contributed by atoms with Gasteiger partial charge in [0.15, 0.2) is 5.65 Å². The molecule has 0 atom stereocenters. The molecule has 86 valence electrons. The number of rotatable bonds is 0. The normalized spacial score (nSPS) is 11.9. The highest BCUT2D eigenvalue weighted by Gasteiger charge is 2.15. The molecule has 0 bridgehead atoms. The maximum Gasteiger partial charge on any atom is 0.187 e. The molecule has 4 aromatic rings. The second kappa shape index (κ2) is 3.55. The maximum absolute atomic E-state index is 4.44. The Morgan fingerprint density at radius 1 is 0.833 bits per heavy atom. The average molecular weight is 364 g/mol. The van der Waals surface area contributed by atoms with Crippen molar-refractivity contribution in [3.05, 3.63) is 33.3 Å². The van der Waals surface area contributed by atoms with Crippen molar-refractivity contribution < 1.29 is 0 Å². The SMILES string of the molecule is Brc1ccc2ccc3nnnc4nc(Br)c1c2c34. The summed E-state index contributed by atoms with van der Waals surface area (Å²) in [7, 11) is 0. The van der Waals surface area contributed by atoms with E-state index in [9.17, 15) is 0 Å². The molecule has 0 spiro atoms. The smallest absolute Gasteiger partial charge is 0.187 e. The third kappa shape index (κ3) is 1.24. The Bertz CT molecular complexity index is 907. The van der Waals surface area contributed by atoms with E-state index in [0.717, 1.165) is 36.1 Å². The lowest BCUT2D eigenvalue weighted by Crippen LogP contribution is -1.96. The lowest BCUT2D eigenvalue weighted by molar-refractivity contribution is 0.906. The highest BCUT2D eigenvalue weighted by Crippen LogP contribution is 2.38. The zero-order valence-corrected chi connectivity index (χ0v) is 12.0. The first-order valence-electron chi connectivity index (χ1n) is 5.24. The van der Waals surface area contributed by atoms with Gasteiger partial charge in [-0.3, -0.25) is 0 Å². The van der Waals surface area contributed by atoms with Crippen LogP contribution in [0.3, 0.4) is 0 Å². The van der Waals surface area contributed by atoms with E-state index >= 15 is 0 Å². The zero-order chi connectivity index (χ0) is 12.3. The first-order chi connectivity index (χ1) is 8.75. The Kier molecular flexibility index (Phi) is 2.07. The summed E-state index contributed by atoms with van der Waals surface area (Å²) < 4.78 is 1.76. The largest absolute Gasteiger partial charge is 0.219 e. The molecule has 0 N–H and O–H groups in total. The molecule has 2 aromatic carbocycles. The van der Waals surface area contributed by atoms with Gasteiger partial charge >= 0.3 is 0 Å². The van der Waals surface area contributed by atoms with E-state index in [-0.39, 0.29) is 0 Å². The minimum Gasteiger partial charge on any atom is -0.219 e. The van der Waals surface area contributed by atoms with Gasteiger partial charge in [0.05, 0.1) is 10.9 Å². The summed E-state index contributed by atoms with van der Waals surface area (Å²) in [5.41, 5.74) is 1.43. The molecule has 4 nitrogen and oxygen atoms in total. The van der Waals surface area contributed by atoms with Gasteiger partial charge in [0, 0.05) is 15.2 Å². The Morgan fingerprint density at radius 2 is 1.67 bits per heavy atom. The molecule has 0 aliphatic heterocycles. The fourth-order valence-electron chi connectivity index (χ4n) is 2.28. The van der Waals surface area contributed by atoms with Crippen molar-refractivity contribution in [2.75, 3.05) is 0 Å². The van der Waals surface area contributed by atoms with E-state index in [1.54, 1.807) is 0 Å². The first-order valence-corrected chi connectivity index (χ1v) is 6.83. The molecule has 6 heteroatoms. The van der Waals surface area contributed by atoms with E-state index in [1.165, 1.54) is 0 Å². The fourth-order valence-corrected chi connectivity index (χ4v) is 3.65. The summed E-state index contributed by atoms with van der Waals surface area (Å²) in [5, 5.41) is 16.1. The predicted octanol–water partition coefficient (Wildman–Crippen LogP) is 3.69. The average Bonchev–Trinajstić information content (AvgIpc) is 2.38. The third-order valence-corrected chi connectivity index (χ3v) is 4.27. The highest BCUT2D eigenvalue weighted by molar-refractivity contribution is 9.11. The molecule has 0 aliphatic carbocycles. The molecular formula is C12H4Br2N4. The van der Waals surface area contributed by atoms with Crippen molar-refractivity contribution >= 4 is 64.6 Å². The van der Waals surface area contributed by atoms with Gasteiger partial charge in [-0.1, -0.05) is 28.1 Å². The van der Waals surface area contributed by atoms with Crippen molar-refractivity contribution in [1.29, 1.82) is 0 Å². The van der Waals surface area contributed by atoms with Crippen molar-refractivity contribution in [2.24, 2.45) is 0 Å². The van der Waals surface area contributed by atoms with Gasteiger partial charge in [-0.25, -0.2) is 4.98 Å². The lowest BCUT2D eigenvalue weighted by Gasteiger charge is -2.10. The highest BCUT2D eigenvalue weighted by atomic mass is 79.9. The molecule has 2 heterocycles. The van der Waals surface area contributed by atoms with Crippen LogP contribution in [-0.2, 0) is 0 Å². The summed E-state index contributed by atoms with van der Waals surface area (Å²) >= 11 is 7.06. The molecule has 4 rings (SSSR count). The molecule has 0 fully saturated rings. The number of hydrogen-bond acceptors (Lipinski definition) is 4. The quantitative estimate of drug-likeness (QED) is 0.353. The van der Waals surface area contributed by atoms with Crippen LogP contribution in [0.5, 0.6) is 0 Å². The van der Waals surface area contributed by atoms with Crippen molar-refractivity contribution in [2.45, 2.75) is 0 Å². The van der Waals surface area contributed by atoms with Crippen LogP contribution >= 0.6 is 31.9 Å². The Balaban J connectivity index is 2.50. The number of benzene rings is 2. The summed E-state index contributed by atoms with van der Waals surface area (Å²) in [6.45, 7) is 0. The molecule has 0 unspecified atom stereocenters. The van der Waals surface area contributed by atoms with Gasteiger partial charge in [0.1, 0.15) is 4.60 Å². The van der Waals surface area contributed by atoms with Gasteiger partial charge in [-0.05, 0) is 38.7 Å². The van der Waals surface area contributed by atoms with E-state index < -0.39 is 0 Å². The monoisotopic (exact) mass is 362 g/mol. The van der Waals surface area contributed by atoms with Crippen LogP contribution in [0.2, 0.25) is 0 Å². The second-order valence-corrected chi connectivity index (χ2v) is 5.60. The molecule has 2 aromatic heterocycles. The summed E-state index contributed by atoms with van der Waals surface area (Å²) in [5.74, 6) is 0. The Hall–Kier alpha value is -1.40. The van der Waals surface area contributed by atoms with E-state index in [1.807, 2.05) is 18.2 Å². The minimum atomic E-state index is 0.614. The predicted molar refractivity (Wildman–Crippen MR) is 76.7 cm³/mol. The number of aromatic nitrogens is 4. The molecule has 0 saturated heterocycles. The van der Waals surface area contributed by atoms with Crippen molar-refractivity contribution in [3.63, 3.8) is 0 Å². The van der Waals surface area contributed by atoms with Gasteiger partial charge < -0.3 is 0 Å². The van der Waals surface area contributed by atoms with Gasteiger partial charge in [-0.15, -0.1) is 10.2 Å². The summed E-state index contributed by atoms with van der Waals surface area (Å²) in [6, 6.07) is 8.07. The van der Waals surface area contributed by atoms with Crippen LogP contribution < -0.4 is 0 Å². The first kappa shape index (κ1) is 10.5. The maximum atomic E-state index is 4.44. The van der Waals surface area contributed by atoms with Crippen LogP contribution in [0.4, 0.5) is 0 Å². The van der Waals surface area contributed by atoms with Crippen LogP contribution in [-0.4, -0.2) is 20.4 Å². The van der Waals surface area contributed by atoms with Crippen molar-refractivity contribution in [1.82, 2.24) is 20.4 Å². The van der Waals surface area contributed by atoms with Crippen LogP contribution in [0.1, 0.15) is 0 Å². The molecule has 0 aliphatic rings. The van der Waals surface area contributed by atoms with Gasteiger partial charge in [-0.2, -0.15) is 0 Å². The molecule has 0 radical (unpaired) electrons. The minimum absolute atomic E-state index is 0.614. The lowest BCUT2D eigenvalue weighted by atomic mass is 10.0. The number of nitrogens with zero attached hydrogens (tertiary/aromatic N) is 4. The van der Waals surface area contributed by atoms with Crippen LogP contribution in [0.25, 0.3) is 32.7 Å². The van der Waals surface area contributed by atoms with Crippen LogP contribution in [0.15, 0.2) is 33.3 Å². The molecular weight excluding hydrogens is 360 g/mol. The standard InChI is InChI=1S/C12H4Br2N4/c13-6-3-1-5-2-4-7-10-8(5)9(6)11(14)15-12(10)17-18-16-7/h1-4H. The third-order valence-electron chi connectivity index (χ3n) is 3.04. The molecule has 18 heavy (non-hydrogen) atoms. The second-order valence-electron chi connectivity index (χ2n) is 4.00. The zero-order valence-electron chi connectivity index (χ0n) is 8.85. The number of halogens is 2. The van der Waals surface area contributed by atoms with Crippen LogP contribution in [0, 0.1) is 0 Å². The van der Waals surface area contributed by atoms with Gasteiger partial charge in [0.2, 0.25) is 0 Å². The van der Waals surface area contributed by atoms with E-state index in [2.05, 4.69) is 58.3 Å². The van der Waals surface area contributed by atoms with E-state index in [0.29, 0.717) is 5.65 Å². The number of hydrogen-bond donors (Lipinski definition) is 0. The molecule has 0 amide bonds. The van der Waals surface area contributed by atoms with Gasteiger partial charge in [0.25, 0.3) is 0 Å². The number of pyridine rings is 1. The summed E-state index contributed by atoms with van der Waals surface area (Å²) in [4.78, 5) is 4.44. The van der Waals surface area contributed by atoms with Crippen molar-refractivity contribution in [3.8, 4) is 0 Å².